The van der Waals surface area contributed by atoms with Crippen molar-refractivity contribution in [2.45, 2.75) is 18.7 Å². The van der Waals surface area contributed by atoms with Crippen molar-refractivity contribution in [1.82, 2.24) is 13.9 Å². The smallest absolute Gasteiger partial charge is 0.298 e. The van der Waals surface area contributed by atoms with E-state index < -0.39 is 21.3 Å². The highest BCUT2D eigenvalue weighted by molar-refractivity contribution is 7.89. The van der Waals surface area contributed by atoms with Gasteiger partial charge >= 0.3 is 5.69 Å². The quantitative estimate of drug-likeness (QED) is 0.677. The van der Waals surface area contributed by atoms with Gasteiger partial charge in [-0.15, -0.1) is 11.3 Å². The Labute approximate surface area is 164 Å². The summed E-state index contributed by atoms with van der Waals surface area (Å²) in [5, 5.41) is 2.12. The number of nitrogens with one attached hydrogen (secondary N) is 1. The molecule has 0 atom stereocenters. The Morgan fingerprint density at radius 2 is 1.96 bits per heavy atom. The Balaban J connectivity index is 2.21. The maximum atomic E-state index is 12.8. The van der Waals surface area contributed by atoms with Gasteiger partial charge < -0.3 is 0 Å². The van der Waals surface area contributed by atoms with E-state index in [1.54, 1.807) is 11.4 Å². The molecule has 0 bridgehead atoms. The molecule has 1 aromatic carbocycles. The number of sulfonamides is 1. The highest BCUT2D eigenvalue weighted by Crippen LogP contribution is 2.25. The van der Waals surface area contributed by atoms with Crippen molar-refractivity contribution >= 4 is 43.2 Å². The van der Waals surface area contributed by atoms with E-state index in [-0.39, 0.29) is 21.5 Å². The second-order valence-electron chi connectivity index (χ2n) is 6.53. The molecule has 0 aliphatic carbocycles. The number of halogens is 1. The largest absolute Gasteiger partial charge is 0.334 e. The van der Waals surface area contributed by atoms with Crippen molar-refractivity contribution in [2.24, 2.45) is 5.92 Å². The number of fused-ring (bicyclic) bond motifs is 1. The Kier molecular flexibility index (Phi) is 5.31. The fourth-order valence-corrected chi connectivity index (χ4v) is 5.10. The van der Waals surface area contributed by atoms with Crippen molar-refractivity contribution in [3.05, 3.63) is 55.5 Å². The van der Waals surface area contributed by atoms with Crippen LogP contribution in [0.5, 0.6) is 0 Å². The van der Waals surface area contributed by atoms with Gasteiger partial charge in [0.1, 0.15) is 4.83 Å². The van der Waals surface area contributed by atoms with E-state index in [0.29, 0.717) is 16.8 Å². The molecular formula is C17H18ClN3O4S2. The first kappa shape index (κ1) is 19.8. The lowest BCUT2D eigenvalue weighted by Gasteiger charge is -2.20. The number of aromatic amines is 1. The maximum Gasteiger partial charge on any atom is 0.334 e. The Morgan fingerprint density at radius 3 is 2.63 bits per heavy atom. The van der Waals surface area contributed by atoms with Crippen LogP contribution in [0.1, 0.15) is 13.8 Å². The number of hydrogen-bond donors (Lipinski definition) is 1. The third kappa shape index (κ3) is 3.60. The zero-order chi connectivity index (χ0) is 19.9. The monoisotopic (exact) mass is 427 g/mol. The zero-order valence-electron chi connectivity index (χ0n) is 14.9. The minimum atomic E-state index is -3.79. The van der Waals surface area contributed by atoms with Crippen LogP contribution >= 0.6 is 22.9 Å². The zero-order valence-corrected chi connectivity index (χ0v) is 17.3. The number of rotatable bonds is 5. The van der Waals surface area contributed by atoms with Gasteiger partial charge in [-0.05, 0) is 35.6 Å². The Bertz CT molecular complexity index is 1220. The molecule has 2 aromatic heterocycles. The molecular weight excluding hydrogens is 410 g/mol. The second-order valence-corrected chi connectivity index (χ2v) is 9.89. The molecule has 0 aliphatic rings. The van der Waals surface area contributed by atoms with Crippen LogP contribution in [-0.2, 0) is 10.0 Å². The molecule has 0 saturated heterocycles. The van der Waals surface area contributed by atoms with Crippen LogP contribution in [0.15, 0.2) is 44.1 Å². The number of benzene rings is 1. The summed E-state index contributed by atoms with van der Waals surface area (Å²) in [5.74, 6) is 0.142. The summed E-state index contributed by atoms with van der Waals surface area (Å²) in [7, 11) is -2.30. The minimum absolute atomic E-state index is 0.0232. The average Bonchev–Trinajstić information content (AvgIpc) is 3.04. The molecule has 0 saturated carbocycles. The van der Waals surface area contributed by atoms with Crippen LogP contribution in [-0.4, -0.2) is 35.9 Å². The van der Waals surface area contributed by atoms with Crippen molar-refractivity contribution in [1.29, 1.82) is 0 Å². The molecule has 0 unspecified atom stereocenters. The Morgan fingerprint density at radius 1 is 1.26 bits per heavy atom. The summed E-state index contributed by atoms with van der Waals surface area (Å²) in [4.78, 5) is 28.2. The molecule has 144 valence electrons. The van der Waals surface area contributed by atoms with Crippen molar-refractivity contribution in [3.8, 4) is 5.69 Å². The highest BCUT2D eigenvalue weighted by Gasteiger charge is 2.23. The molecule has 27 heavy (non-hydrogen) atoms. The van der Waals surface area contributed by atoms with Crippen LogP contribution in [0.3, 0.4) is 0 Å². The van der Waals surface area contributed by atoms with E-state index in [1.165, 1.54) is 40.9 Å². The van der Waals surface area contributed by atoms with E-state index in [0.717, 1.165) is 4.57 Å². The molecule has 0 spiro atoms. The van der Waals surface area contributed by atoms with Crippen LogP contribution in [0.25, 0.3) is 15.9 Å². The SMILES string of the molecule is CC(C)CN(C)S(=O)(=O)c1ccc(Cl)c(-n2c(=O)[nH]c3sccc3c2=O)c1. The van der Waals surface area contributed by atoms with Crippen LogP contribution in [0.2, 0.25) is 5.02 Å². The lowest BCUT2D eigenvalue weighted by molar-refractivity contribution is 0.417. The first-order chi connectivity index (χ1) is 12.6. The third-order valence-corrected chi connectivity index (χ3v) is 6.98. The van der Waals surface area contributed by atoms with E-state index in [1.807, 2.05) is 13.8 Å². The molecule has 3 aromatic rings. The van der Waals surface area contributed by atoms with Gasteiger partial charge in [0.25, 0.3) is 5.56 Å². The summed E-state index contributed by atoms with van der Waals surface area (Å²) in [6, 6.07) is 5.58. The number of H-pyrrole nitrogens is 1. The summed E-state index contributed by atoms with van der Waals surface area (Å²) >= 11 is 7.43. The van der Waals surface area contributed by atoms with Crippen LogP contribution in [0, 0.1) is 5.92 Å². The summed E-state index contributed by atoms with van der Waals surface area (Å²) in [5.41, 5.74) is -1.21. The van der Waals surface area contributed by atoms with E-state index in [4.69, 9.17) is 11.6 Å². The standard InChI is InChI=1S/C17H18ClN3O4S2/c1-10(2)9-20(3)27(24,25)11-4-5-13(18)14(8-11)21-16(22)12-6-7-26-15(12)19-17(21)23/h4-8,10H,9H2,1-3H3,(H,19,23). The average molecular weight is 428 g/mol. The predicted molar refractivity (Wildman–Crippen MR) is 108 cm³/mol. The number of nitrogens with zero attached hydrogens (tertiary/aromatic N) is 2. The lowest BCUT2D eigenvalue weighted by atomic mass is 10.2. The van der Waals surface area contributed by atoms with Gasteiger partial charge in [-0.3, -0.25) is 9.78 Å². The first-order valence-electron chi connectivity index (χ1n) is 8.11. The minimum Gasteiger partial charge on any atom is -0.298 e. The first-order valence-corrected chi connectivity index (χ1v) is 10.8. The third-order valence-electron chi connectivity index (χ3n) is 4.01. The normalized spacial score (nSPS) is 12.4. The van der Waals surface area contributed by atoms with Crippen LogP contribution in [0.4, 0.5) is 0 Å². The fourth-order valence-electron chi connectivity index (χ4n) is 2.78. The molecule has 0 aliphatic heterocycles. The number of hydrogen-bond acceptors (Lipinski definition) is 5. The van der Waals surface area contributed by atoms with Crippen molar-refractivity contribution in [2.75, 3.05) is 13.6 Å². The van der Waals surface area contributed by atoms with Gasteiger partial charge in [-0.1, -0.05) is 25.4 Å². The van der Waals surface area contributed by atoms with Gasteiger partial charge in [0.2, 0.25) is 10.0 Å². The van der Waals surface area contributed by atoms with Gasteiger partial charge in [-0.2, -0.15) is 0 Å². The van der Waals surface area contributed by atoms with Gasteiger partial charge in [0, 0.05) is 13.6 Å². The molecule has 7 nitrogen and oxygen atoms in total. The van der Waals surface area contributed by atoms with E-state index in [9.17, 15) is 18.0 Å². The van der Waals surface area contributed by atoms with E-state index in [2.05, 4.69) is 4.98 Å². The highest BCUT2D eigenvalue weighted by atomic mass is 35.5. The Hall–Kier alpha value is -1.94. The van der Waals surface area contributed by atoms with Gasteiger partial charge in [0.15, 0.2) is 0 Å². The molecule has 10 heteroatoms. The fraction of sp³-hybridized carbons (Fsp3) is 0.294. The van der Waals surface area contributed by atoms with Crippen molar-refractivity contribution in [3.63, 3.8) is 0 Å². The molecule has 0 fully saturated rings. The molecule has 3 rings (SSSR count). The number of thiophene rings is 1. The summed E-state index contributed by atoms with van der Waals surface area (Å²) in [6.45, 7) is 4.16. The van der Waals surface area contributed by atoms with Crippen LogP contribution < -0.4 is 11.2 Å². The molecule has 2 heterocycles. The molecule has 1 N–H and O–H groups in total. The summed E-state index contributed by atoms with van der Waals surface area (Å²) < 4.78 is 27.7. The number of aromatic nitrogens is 2. The molecule has 0 amide bonds. The summed E-state index contributed by atoms with van der Waals surface area (Å²) in [6.07, 6.45) is 0. The van der Waals surface area contributed by atoms with E-state index >= 15 is 0 Å². The van der Waals surface area contributed by atoms with Crippen molar-refractivity contribution < 1.29 is 8.42 Å². The topological polar surface area (TPSA) is 92.2 Å². The maximum absolute atomic E-state index is 12.8. The second kappa shape index (κ2) is 7.23. The lowest BCUT2D eigenvalue weighted by Crippen LogP contribution is -2.34. The van der Waals surface area contributed by atoms with Gasteiger partial charge in [0.05, 0.1) is 21.0 Å². The van der Waals surface area contributed by atoms with Gasteiger partial charge in [-0.25, -0.2) is 22.1 Å². The predicted octanol–water partition coefficient (Wildman–Crippen LogP) is 2.67. The molecule has 0 radical (unpaired) electrons.